The first kappa shape index (κ1) is 16.6. The maximum Gasteiger partial charge on any atom is 0.243 e. The fraction of sp³-hybridized carbons (Fsp3) is 0.438. The molecular weight excluding hydrogens is 330 g/mol. The third-order valence-electron chi connectivity index (χ3n) is 4.18. The van der Waals surface area contributed by atoms with E-state index in [9.17, 15) is 8.42 Å². The second kappa shape index (κ2) is 6.32. The number of likely N-dealkylation sites (N-methyl/N-ethyl adjacent to an activating group) is 1. The summed E-state index contributed by atoms with van der Waals surface area (Å²) in [6, 6.07) is 5.57. The predicted molar refractivity (Wildman–Crippen MR) is 93.3 cm³/mol. The van der Waals surface area contributed by atoms with Crippen molar-refractivity contribution in [2.75, 3.05) is 33.2 Å². The van der Waals surface area contributed by atoms with Crippen molar-refractivity contribution in [2.45, 2.75) is 18.7 Å². The molecule has 7 heteroatoms. The van der Waals surface area contributed by atoms with Gasteiger partial charge in [0, 0.05) is 37.1 Å². The number of aryl methyl sites for hydroxylation is 2. The van der Waals surface area contributed by atoms with Crippen LogP contribution in [0.2, 0.25) is 0 Å². The third-order valence-corrected chi connectivity index (χ3v) is 7.00. The number of nitrogens with zero attached hydrogens (tertiary/aromatic N) is 3. The molecule has 0 aliphatic carbocycles. The van der Waals surface area contributed by atoms with Gasteiger partial charge in [0.25, 0.3) is 0 Å². The van der Waals surface area contributed by atoms with Crippen LogP contribution in [0.5, 0.6) is 0 Å². The van der Waals surface area contributed by atoms with Gasteiger partial charge in [-0.1, -0.05) is 12.1 Å². The average Bonchev–Trinajstić information content (AvgIpc) is 2.94. The Balaban J connectivity index is 1.98. The molecular formula is C16H21N3O2S2. The molecule has 23 heavy (non-hydrogen) atoms. The van der Waals surface area contributed by atoms with Crippen molar-refractivity contribution in [1.82, 2.24) is 14.2 Å². The minimum absolute atomic E-state index is 0.394. The molecule has 0 saturated carbocycles. The maximum atomic E-state index is 13.0. The van der Waals surface area contributed by atoms with Crippen LogP contribution in [-0.2, 0) is 10.0 Å². The van der Waals surface area contributed by atoms with Gasteiger partial charge in [-0.2, -0.15) is 4.31 Å². The number of hydrogen-bond acceptors (Lipinski definition) is 5. The number of aromatic nitrogens is 1. The van der Waals surface area contributed by atoms with Crippen molar-refractivity contribution in [3.05, 3.63) is 34.2 Å². The molecule has 2 aromatic rings. The van der Waals surface area contributed by atoms with Crippen LogP contribution in [0.1, 0.15) is 10.6 Å². The Labute approximate surface area is 141 Å². The summed E-state index contributed by atoms with van der Waals surface area (Å²) in [7, 11) is -1.44. The maximum absolute atomic E-state index is 13.0. The van der Waals surface area contributed by atoms with Crippen LogP contribution in [0.15, 0.2) is 28.5 Å². The molecule has 2 heterocycles. The summed E-state index contributed by atoms with van der Waals surface area (Å²) >= 11 is 1.57. The molecule has 1 aromatic carbocycles. The third kappa shape index (κ3) is 3.33. The molecule has 1 fully saturated rings. The summed E-state index contributed by atoms with van der Waals surface area (Å²) in [5, 5.41) is 2.94. The molecule has 0 amide bonds. The van der Waals surface area contributed by atoms with Crippen LogP contribution in [0.25, 0.3) is 11.3 Å². The average molecular weight is 351 g/mol. The Morgan fingerprint density at radius 2 is 1.83 bits per heavy atom. The molecule has 1 aliphatic rings. The van der Waals surface area contributed by atoms with Gasteiger partial charge in [0.2, 0.25) is 10.0 Å². The van der Waals surface area contributed by atoms with Crippen LogP contribution < -0.4 is 0 Å². The van der Waals surface area contributed by atoms with Crippen molar-refractivity contribution in [1.29, 1.82) is 0 Å². The summed E-state index contributed by atoms with van der Waals surface area (Å²) in [6.45, 7) is 6.41. The van der Waals surface area contributed by atoms with E-state index < -0.39 is 10.0 Å². The Hall–Kier alpha value is -1.28. The van der Waals surface area contributed by atoms with Crippen LogP contribution in [0, 0.1) is 13.8 Å². The Bertz CT molecular complexity index is 806. The summed E-state index contributed by atoms with van der Waals surface area (Å²) in [5.41, 5.74) is 2.47. The molecule has 0 bridgehead atoms. The zero-order chi connectivity index (χ0) is 16.6. The highest BCUT2D eigenvalue weighted by Gasteiger charge is 2.29. The van der Waals surface area contributed by atoms with Gasteiger partial charge < -0.3 is 4.90 Å². The smallest absolute Gasteiger partial charge is 0.243 e. The minimum Gasteiger partial charge on any atom is -0.304 e. The zero-order valence-corrected chi connectivity index (χ0v) is 15.2. The molecule has 1 saturated heterocycles. The molecule has 0 radical (unpaired) electrons. The van der Waals surface area contributed by atoms with Gasteiger partial charge >= 0.3 is 0 Å². The molecule has 124 valence electrons. The van der Waals surface area contributed by atoms with Gasteiger partial charge in [-0.15, -0.1) is 11.3 Å². The predicted octanol–water partition coefficient (Wildman–Crippen LogP) is 2.36. The highest BCUT2D eigenvalue weighted by Crippen LogP contribution is 2.28. The molecule has 1 aromatic heterocycles. The summed E-state index contributed by atoms with van der Waals surface area (Å²) in [5.74, 6) is 0. The fourth-order valence-corrected chi connectivity index (χ4v) is 5.00. The molecule has 0 unspecified atom stereocenters. The Morgan fingerprint density at radius 3 is 2.43 bits per heavy atom. The van der Waals surface area contributed by atoms with Crippen LogP contribution in [-0.4, -0.2) is 55.8 Å². The van der Waals surface area contributed by atoms with E-state index in [4.69, 9.17) is 0 Å². The van der Waals surface area contributed by atoms with Crippen molar-refractivity contribution < 1.29 is 8.42 Å². The first-order valence-electron chi connectivity index (χ1n) is 7.60. The summed E-state index contributed by atoms with van der Waals surface area (Å²) in [4.78, 5) is 7.00. The van der Waals surface area contributed by atoms with Crippen LogP contribution >= 0.6 is 11.3 Å². The monoisotopic (exact) mass is 351 g/mol. The van der Waals surface area contributed by atoms with Gasteiger partial charge in [0.1, 0.15) is 0 Å². The lowest BCUT2D eigenvalue weighted by Gasteiger charge is -2.32. The van der Waals surface area contributed by atoms with Gasteiger partial charge in [0.15, 0.2) is 0 Å². The van der Waals surface area contributed by atoms with Crippen molar-refractivity contribution in [2.24, 2.45) is 0 Å². The SMILES string of the molecule is Cc1nc(-c2ccc(C)c(S(=O)(=O)N3CCN(C)CC3)c2)cs1. The first-order chi connectivity index (χ1) is 10.9. The molecule has 0 spiro atoms. The summed E-state index contributed by atoms with van der Waals surface area (Å²) in [6.07, 6.45) is 0. The van der Waals surface area contributed by atoms with Crippen molar-refractivity contribution in [3.8, 4) is 11.3 Å². The summed E-state index contributed by atoms with van der Waals surface area (Å²) < 4.78 is 27.6. The number of sulfonamides is 1. The first-order valence-corrected chi connectivity index (χ1v) is 9.92. The van der Waals surface area contributed by atoms with E-state index in [1.54, 1.807) is 21.7 Å². The van der Waals surface area contributed by atoms with Gasteiger partial charge in [-0.3, -0.25) is 0 Å². The zero-order valence-electron chi connectivity index (χ0n) is 13.6. The lowest BCUT2D eigenvalue weighted by atomic mass is 10.1. The van der Waals surface area contributed by atoms with E-state index >= 15 is 0 Å². The second-order valence-electron chi connectivity index (χ2n) is 5.94. The van der Waals surface area contributed by atoms with Crippen LogP contribution in [0.3, 0.4) is 0 Å². The van der Waals surface area contributed by atoms with E-state index in [1.807, 2.05) is 38.4 Å². The standard InChI is InChI=1S/C16H21N3O2S2/c1-12-4-5-14(15-11-22-13(2)17-15)10-16(12)23(20,21)19-8-6-18(3)7-9-19/h4-5,10-11H,6-9H2,1-3H3. The van der Waals surface area contributed by atoms with E-state index in [1.165, 1.54) is 0 Å². The Morgan fingerprint density at radius 1 is 1.13 bits per heavy atom. The quantitative estimate of drug-likeness (QED) is 0.852. The second-order valence-corrected chi connectivity index (χ2v) is 8.91. The lowest BCUT2D eigenvalue weighted by Crippen LogP contribution is -2.47. The highest BCUT2D eigenvalue weighted by atomic mass is 32.2. The molecule has 1 aliphatic heterocycles. The van der Waals surface area contributed by atoms with E-state index in [2.05, 4.69) is 9.88 Å². The van der Waals surface area contributed by atoms with E-state index in [0.29, 0.717) is 18.0 Å². The topological polar surface area (TPSA) is 53.5 Å². The van der Waals surface area contributed by atoms with Gasteiger partial charge in [-0.05, 0) is 32.5 Å². The molecule has 0 N–H and O–H groups in total. The van der Waals surface area contributed by atoms with Crippen molar-refractivity contribution >= 4 is 21.4 Å². The number of piperazine rings is 1. The lowest BCUT2D eigenvalue weighted by molar-refractivity contribution is 0.222. The fourth-order valence-electron chi connectivity index (χ4n) is 2.70. The van der Waals surface area contributed by atoms with E-state index in [0.717, 1.165) is 34.9 Å². The van der Waals surface area contributed by atoms with Gasteiger partial charge in [0.05, 0.1) is 15.6 Å². The van der Waals surface area contributed by atoms with Crippen molar-refractivity contribution in [3.63, 3.8) is 0 Å². The van der Waals surface area contributed by atoms with Gasteiger partial charge in [-0.25, -0.2) is 13.4 Å². The number of hydrogen-bond donors (Lipinski definition) is 0. The van der Waals surface area contributed by atoms with E-state index in [-0.39, 0.29) is 0 Å². The van der Waals surface area contributed by atoms with Crippen LogP contribution in [0.4, 0.5) is 0 Å². The largest absolute Gasteiger partial charge is 0.304 e. The highest BCUT2D eigenvalue weighted by molar-refractivity contribution is 7.89. The molecule has 0 atom stereocenters. The number of thiazole rings is 1. The Kier molecular flexibility index (Phi) is 4.55. The minimum atomic E-state index is -3.46. The molecule has 5 nitrogen and oxygen atoms in total. The number of rotatable bonds is 3. The normalized spacial score (nSPS) is 17.5. The number of benzene rings is 1. The molecule has 3 rings (SSSR count).